The Morgan fingerprint density at radius 2 is 2.17 bits per heavy atom. The molecule has 1 aromatic carbocycles. The van der Waals surface area contributed by atoms with Gasteiger partial charge in [-0.05, 0) is 20.7 Å². The van der Waals surface area contributed by atoms with Gasteiger partial charge in [-0.2, -0.15) is 12.1 Å². The summed E-state index contributed by atoms with van der Waals surface area (Å²) in [5.41, 5.74) is 0.0986. The van der Waals surface area contributed by atoms with E-state index in [1.54, 1.807) is 34.7 Å². The summed E-state index contributed by atoms with van der Waals surface area (Å²) >= 11 is 7.97. The fraction of sp³-hybridized carbons (Fsp3) is 0.188. The van der Waals surface area contributed by atoms with Gasteiger partial charge in [-0.3, -0.25) is 4.79 Å². The Balaban J connectivity index is 0.00000288. The van der Waals surface area contributed by atoms with Gasteiger partial charge in [0.05, 0.1) is 6.54 Å². The van der Waals surface area contributed by atoms with Crippen molar-refractivity contribution in [3.05, 3.63) is 49.3 Å². The van der Waals surface area contributed by atoms with Gasteiger partial charge >= 0.3 is 0 Å². The molecule has 2 aromatic rings. The third-order valence-corrected chi connectivity index (χ3v) is 3.98. The van der Waals surface area contributed by atoms with Gasteiger partial charge < -0.3 is 9.30 Å². The third kappa shape index (κ3) is 5.25. The molecule has 24 heavy (non-hydrogen) atoms. The van der Waals surface area contributed by atoms with Gasteiger partial charge in [-0.15, -0.1) is 35.1 Å². The Labute approximate surface area is 181 Å². The molecule has 0 saturated carbocycles. The average Bonchev–Trinajstić information content (AvgIpc) is 2.50. The SMILES string of the molecule is C#CCOc1ccc(-c2[c-]cc(I)c(=O)n2CC(F)F)c(Cl)c1.[Y]. The average molecular weight is 538 g/mol. The molecule has 0 saturated heterocycles. The minimum atomic E-state index is -2.67. The second-order valence-electron chi connectivity index (χ2n) is 4.43. The minimum absolute atomic E-state index is 0. The Hall–Kier alpha value is -0.486. The molecular weight excluding hydrogens is 527 g/mol. The van der Waals surface area contributed by atoms with E-state index in [1.807, 2.05) is 0 Å². The van der Waals surface area contributed by atoms with Gasteiger partial charge in [0.1, 0.15) is 12.4 Å². The quantitative estimate of drug-likeness (QED) is 0.330. The van der Waals surface area contributed by atoms with Crippen LogP contribution in [0.15, 0.2) is 29.1 Å². The van der Waals surface area contributed by atoms with Crippen molar-refractivity contribution < 1.29 is 46.2 Å². The zero-order chi connectivity index (χ0) is 17.0. The van der Waals surface area contributed by atoms with E-state index in [4.69, 9.17) is 22.8 Å². The molecule has 0 atom stereocenters. The topological polar surface area (TPSA) is 31.2 Å². The predicted molar refractivity (Wildman–Crippen MR) is 93.0 cm³/mol. The number of halogens is 4. The number of terminal acetylenes is 1. The van der Waals surface area contributed by atoms with E-state index in [-0.39, 0.29) is 50.0 Å². The van der Waals surface area contributed by atoms with Crippen molar-refractivity contribution in [3.8, 4) is 29.4 Å². The molecule has 1 heterocycles. The molecule has 0 aliphatic rings. The number of nitrogens with zero attached hydrogens (tertiary/aromatic N) is 1. The summed E-state index contributed by atoms with van der Waals surface area (Å²) in [7, 11) is 0. The molecule has 0 amide bonds. The van der Waals surface area contributed by atoms with Crippen LogP contribution in [0.4, 0.5) is 8.78 Å². The van der Waals surface area contributed by atoms with Crippen LogP contribution in [0, 0.1) is 22.0 Å². The number of hydrogen-bond donors (Lipinski definition) is 0. The zero-order valence-electron chi connectivity index (χ0n) is 12.2. The molecule has 0 spiro atoms. The van der Waals surface area contributed by atoms with Crippen LogP contribution >= 0.6 is 34.2 Å². The molecule has 0 N–H and O–H groups in total. The van der Waals surface area contributed by atoms with Crippen molar-refractivity contribution in [1.29, 1.82) is 0 Å². The fourth-order valence-corrected chi connectivity index (χ4v) is 2.65. The summed E-state index contributed by atoms with van der Waals surface area (Å²) in [6, 6.07) is 8.97. The number of ether oxygens (including phenoxy) is 1. The molecular formula is C16H10ClF2INO2Y-. The normalized spacial score (nSPS) is 10.2. The minimum Gasteiger partial charge on any atom is -0.481 e. The molecule has 1 aromatic heterocycles. The van der Waals surface area contributed by atoms with Crippen LogP contribution in [0.3, 0.4) is 0 Å². The number of aromatic nitrogens is 1. The van der Waals surface area contributed by atoms with Crippen molar-refractivity contribution in [3.63, 3.8) is 0 Å². The zero-order valence-corrected chi connectivity index (χ0v) is 18.0. The standard InChI is InChI=1S/C16H10ClF2INO2.Y/c1-2-7-23-10-3-4-11(12(17)8-10)14-6-5-13(20)16(22)21(14)9-15(18)19;/h1,3-5,8,15H,7,9H2;/q-1;. The molecule has 0 aliphatic carbocycles. The molecule has 0 unspecified atom stereocenters. The second-order valence-corrected chi connectivity index (χ2v) is 6.00. The first-order valence-electron chi connectivity index (χ1n) is 6.39. The van der Waals surface area contributed by atoms with Crippen LogP contribution in [0.2, 0.25) is 5.02 Å². The first-order chi connectivity index (χ1) is 10.9. The number of alkyl halides is 2. The molecule has 123 valence electrons. The Bertz CT molecular complexity index is 821. The van der Waals surface area contributed by atoms with E-state index in [1.165, 1.54) is 12.1 Å². The summed E-state index contributed by atoms with van der Waals surface area (Å²) in [5, 5.41) is 0.249. The van der Waals surface area contributed by atoms with Crippen molar-refractivity contribution in [1.82, 2.24) is 4.57 Å². The van der Waals surface area contributed by atoms with Crippen molar-refractivity contribution in [2.75, 3.05) is 6.61 Å². The first-order valence-corrected chi connectivity index (χ1v) is 7.85. The van der Waals surface area contributed by atoms with E-state index in [9.17, 15) is 13.6 Å². The van der Waals surface area contributed by atoms with Gasteiger partial charge in [-0.1, -0.05) is 28.8 Å². The molecule has 2 rings (SSSR count). The van der Waals surface area contributed by atoms with Gasteiger partial charge in [0.2, 0.25) is 5.56 Å². The predicted octanol–water partition coefficient (Wildman–Crippen LogP) is 3.85. The maximum Gasteiger partial charge on any atom is 0.256 e. The largest absolute Gasteiger partial charge is 0.481 e. The van der Waals surface area contributed by atoms with Crippen molar-refractivity contribution in [2.45, 2.75) is 13.0 Å². The number of pyridine rings is 1. The second kappa shape index (κ2) is 9.86. The molecule has 3 nitrogen and oxygen atoms in total. The third-order valence-electron chi connectivity index (χ3n) is 2.89. The fourth-order valence-electron chi connectivity index (χ4n) is 1.94. The summed E-state index contributed by atoms with van der Waals surface area (Å²) in [6.45, 7) is -0.644. The summed E-state index contributed by atoms with van der Waals surface area (Å²) in [6.07, 6.45) is 2.44. The van der Waals surface area contributed by atoms with Gasteiger partial charge in [-0.25, -0.2) is 8.78 Å². The van der Waals surface area contributed by atoms with Crippen LogP contribution in [0.5, 0.6) is 5.75 Å². The van der Waals surface area contributed by atoms with Gasteiger partial charge in [0, 0.05) is 32.7 Å². The van der Waals surface area contributed by atoms with Crippen LogP contribution in [-0.2, 0) is 39.3 Å². The molecule has 8 heteroatoms. The van der Waals surface area contributed by atoms with E-state index in [2.05, 4.69) is 12.0 Å². The van der Waals surface area contributed by atoms with E-state index in [0.717, 1.165) is 4.57 Å². The number of rotatable bonds is 5. The molecule has 0 bridgehead atoms. The summed E-state index contributed by atoms with van der Waals surface area (Å²) < 4.78 is 32.1. The Kier molecular flexibility index (Phi) is 8.85. The van der Waals surface area contributed by atoms with Crippen LogP contribution < -0.4 is 10.3 Å². The van der Waals surface area contributed by atoms with E-state index >= 15 is 0 Å². The van der Waals surface area contributed by atoms with Crippen LogP contribution in [0.25, 0.3) is 11.3 Å². The first kappa shape index (κ1) is 21.6. The van der Waals surface area contributed by atoms with Crippen molar-refractivity contribution in [2.24, 2.45) is 0 Å². The van der Waals surface area contributed by atoms with E-state index < -0.39 is 18.5 Å². The maximum absolute atomic E-state index is 12.8. The summed E-state index contributed by atoms with van der Waals surface area (Å²) in [4.78, 5) is 12.1. The van der Waals surface area contributed by atoms with Crippen LogP contribution in [-0.4, -0.2) is 17.6 Å². The van der Waals surface area contributed by atoms with Crippen molar-refractivity contribution >= 4 is 34.2 Å². The number of hydrogen-bond acceptors (Lipinski definition) is 2. The molecule has 0 aliphatic heterocycles. The summed E-state index contributed by atoms with van der Waals surface area (Å²) in [5.74, 6) is 2.77. The van der Waals surface area contributed by atoms with Gasteiger partial charge in [0.25, 0.3) is 6.43 Å². The van der Waals surface area contributed by atoms with Crippen LogP contribution in [0.1, 0.15) is 0 Å². The smallest absolute Gasteiger partial charge is 0.256 e. The number of benzene rings is 1. The Morgan fingerprint density at radius 1 is 1.46 bits per heavy atom. The maximum atomic E-state index is 12.8. The Morgan fingerprint density at radius 3 is 2.75 bits per heavy atom. The molecule has 0 fully saturated rings. The van der Waals surface area contributed by atoms with E-state index in [0.29, 0.717) is 14.9 Å². The molecule has 1 radical (unpaired) electrons. The monoisotopic (exact) mass is 537 g/mol. The van der Waals surface area contributed by atoms with Gasteiger partial charge in [0.15, 0.2) is 0 Å².